The highest BCUT2D eigenvalue weighted by Crippen LogP contribution is 2.15. The maximum absolute atomic E-state index is 11.8. The topological polar surface area (TPSA) is 83.5 Å². The zero-order valence-corrected chi connectivity index (χ0v) is 10.9. The van der Waals surface area contributed by atoms with Crippen molar-refractivity contribution in [1.29, 1.82) is 0 Å². The lowest BCUT2D eigenvalue weighted by atomic mass is 10.2. The fourth-order valence-electron chi connectivity index (χ4n) is 1.83. The molecule has 2 atom stereocenters. The van der Waals surface area contributed by atoms with E-state index in [1.165, 1.54) is 0 Å². The molecule has 0 bridgehead atoms. The third-order valence-corrected chi connectivity index (χ3v) is 2.83. The number of pyridine rings is 1. The zero-order valence-electron chi connectivity index (χ0n) is 10.9. The number of carbonyl (C=O) groups is 1. The monoisotopic (exact) mass is 265 g/mol. The van der Waals surface area contributed by atoms with Crippen molar-refractivity contribution >= 4 is 17.4 Å². The Hall–Kier alpha value is -1.66. The van der Waals surface area contributed by atoms with Gasteiger partial charge >= 0.3 is 0 Å². The number of amides is 1. The molecule has 1 aromatic rings. The lowest BCUT2D eigenvalue weighted by molar-refractivity contribution is -0.124. The zero-order chi connectivity index (χ0) is 13.7. The molecule has 0 radical (unpaired) electrons. The van der Waals surface area contributed by atoms with Crippen LogP contribution in [0.25, 0.3) is 0 Å². The van der Waals surface area contributed by atoms with E-state index >= 15 is 0 Å². The molecule has 2 rings (SSSR count). The third kappa shape index (κ3) is 4.18. The summed E-state index contributed by atoms with van der Waals surface area (Å²) in [6.45, 7) is 2.79. The van der Waals surface area contributed by atoms with Crippen LogP contribution in [0.15, 0.2) is 18.3 Å². The number of aliphatic hydroxyl groups excluding tert-OH is 1. The van der Waals surface area contributed by atoms with Crippen LogP contribution in [0.2, 0.25) is 0 Å². The summed E-state index contributed by atoms with van der Waals surface area (Å²) in [5.41, 5.74) is 0.642. The molecule has 0 spiro atoms. The number of aromatic nitrogens is 1. The Morgan fingerprint density at radius 1 is 1.63 bits per heavy atom. The van der Waals surface area contributed by atoms with Gasteiger partial charge in [0, 0.05) is 13.2 Å². The molecule has 0 aliphatic carbocycles. The average Bonchev–Trinajstić information content (AvgIpc) is 2.92. The number of ether oxygens (including phenoxy) is 1. The summed E-state index contributed by atoms with van der Waals surface area (Å²) in [5.74, 6) is 0.542. The molecular formula is C13H19N3O3. The Labute approximate surface area is 112 Å². The highest BCUT2D eigenvalue weighted by Gasteiger charge is 2.23. The fraction of sp³-hybridized carbons (Fsp3) is 0.538. The molecule has 1 aliphatic rings. The van der Waals surface area contributed by atoms with E-state index < -0.39 is 6.10 Å². The van der Waals surface area contributed by atoms with E-state index in [-0.39, 0.29) is 12.0 Å². The summed E-state index contributed by atoms with van der Waals surface area (Å²) in [6, 6.07) is 3.53. The first-order valence-corrected chi connectivity index (χ1v) is 6.45. The molecule has 104 valence electrons. The van der Waals surface area contributed by atoms with Crippen molar-refractivity contribution < 1.29 is 14.6 Å². The second-order valence-corrected chi connectivity index (χ2v) is 4.65. The van der Waals surface area contributed by atoms with Crippen LogP contribution in [0.3, 0.4) is 0 Å². The number of nitrogens with zero attached hydrogens (tertiary/aromatic N) is 1. The minimum absolute atomic E-state index is 0.121. The van der Waals surface area contributed by atoms with Gasteiger partial charge in [-0.25, -0.2) is 4.98 Å². The minimum atomic E-state index is -0.430. The molecule has 0 aromatic carbocycles. The summed E-state index contributed by atoms with van der Waals surface area (Å²) in [7, 11) is 0. The van der Waals surface area contributed by atoms with Gasteiger partial charge in [-0.2, -0.15) is 0 Å². The van der Waals surface area contributed by atoms with Crippen molar-refractivity contribution in [3.63, 3.8) is 0 Å². The first kappa shape index (κ1) is 13.8. The summed E-state index contributed by atoms with van der Waals surface area (Å²) in [4.78, 5) is 16.0. The largest absolute Gasteiger partial charge is 0.392 e. The molecule has 6 heteroatoms. The van der Waals surface area contributed by atoms with Crippen LogP contribution in [0.1, 0.15) is 19.8 Å². The van der Waals surface area contributed by atoms with E-state index in [0.717, 1.165) is 12.8 Å². The SMILES string of the molecule is CC(O)CNc1ccc(NC(=O)C2CCCO2)cn1. The summed E-state index contributed by atoms with van der Waals surface area (Å²) in [6.07, 6.45) is 2.51. The number of carbonyl (C=O) groups excluding carboxylic acids is 1. The van der Waals surface area contributed by atoms with E-state index in [9.17, 15) is 4.79 Å². The predicted molar refractivity (Wildman–Crippen MR) is 72.0 cm³/mol. The molecule has 1 amide bonds. The molecule has 1 aromatic heterocycles. The third-order valence-electron chi connectivity index (χ3n) is 2.83. The van der Waals surface area contributed by atoms with Gasteiger partial charge in [-0.15, -0.1) is 0 Å². The summed E-state index contributed by atoms with van der Waals surface area (Å²) < 4.78 is 5.30. The quantitative estimate of drug-likeness (QED) is 0.739. The van der Waals surface area contributed by atoms with Gasteiger partial charge in [-0.3, -0.25) is 4.79 Å². The van der Waals surface area contributed by atoms with Gasteiger partial charge in [-0.05, 0) is 31.9 Å². The molecule has 2 unspecified atom stereocenters. The maximum atomic E-state index is 11.8. The molecule has 2 heterocycles. The lowest BCUT2D eigenvalue weighted by Crippen LogP contribution is -2.26. The van der Waals surface area contributed by atoms with Crippen LogP contribution >= 0.6 is 0 Å². The van der Waals surface area contributed by atoms with Crippen LogP contribution in [-0.2, 0) is 9.53 Å². The van der Waals surface area contributed by atoms with Gasteiger partial charge in [0.25, 0.3) is 5.91 Å². The number of hydrogen-bond donors (Lipinski definition) is 3. The van der Waals surface area contributed by atoms with Crippen molar-refractivity contribution in [2.45, 2.75) is 32.0 Å². The molecule has 1 aliphatic heterocycles. The molecule has 1 fully saturated rings. The minimum Gasteiger partial charge on any atom is -0.392 e. The van der Waals surface area contributed by atoms with Gasteiger partial charge < -0.3 is 20.5 Å². The van der Waals surface area contributed by atoms with Crippen molar-refractivity contribution in [2.75, 3.05) is 23.8 Å². The van der Waals surface area contributed by atoms with Gasteiger partial charge in [0.2, 0.25) is 0 Å². The maximum Gasteiger partial charge on any atom is 0.253 e. The number of hydrogen-bond acceptors (Lipinski definition) is 5. The first-order valence-electron chi connectivity index (χ1n) is 6.45. The van der Waals surface area contributed by atoms with Gasteiger partial charge in [0.05, 0.1) is 18.0 Å². The van der Waals surface area contributed by atoms with Crippen LogP contribution in [0.4, 0.5) is 11.5 Å². The molecule has 1 saturated heterocycles. The smallest absolute Gasteiger partial charge is 0.253 e. The second kappa shape index (κ2) is 6.49. The molecule has 6 nitrogen and oxygen atoms in total. The first-order chi connectivity index (χ1) is 9.15. The molecular weight excluding hydrogens is 246 g/mol. The normalized spacial score (nSPS) is 20.0. The van der Waals surface area contributed by atoms with Crippen LogP contribution < -0.4 is 10.6 Å². The predicted octanol–water partition coefficient (Wildman–Crippen LogP) is 0.992. The van der Waals surface area contributed by atoms with Gasteiger partial charge in [-0.1, -0.05) is 0 Å². The lowest BCUT2D eigenvalue weighted by Gasteiger charge is -2.11. The van der Waals surface area contributed by atoms with Crippen molar-refractivity contribution in [1.82, 2.24) is 4.98 Å². The summed E-state index contributed by atoms with van der Waals surface area (Å²) >= 11 is 0. The Bertz CT molecular complexity index is 414. The van der Waals surface area contributed by atoms with E-state index in [1.54, 1.807) is 25.3 Å². The number of anilines is 2. The number of nitrogens with one attached hydrogen (secondary N) is 2. The highest BCUT2D eigenvalue weighted by molar-refractivity contribution is 5.94. The van der Waals surface area contributed by atoms with Crippen LogP contribution in [0, 0.1) is 0 Å². The Kier molecular flexibility index (Phi) is 4.70. The average molecular weight is 265 g/mol. The molecule has 19 heavy (non-hydrogen) atoms. The van der Waals surface area contributed by atoms with Gasteiger partial charge in [0.1, 0.15) is 11.9 Å². The highest BCUT2D eigenvalue weighted by atomic mass is 16.5. The molecule has 0 saturated carbocycles. The van der Waals surface area contributed by atoms with Crippen LogP contribution in [0.5, 0.6) is 0 Å². The molecule has 3 N–H and O–H groups in total. The van der Waals surface area contributed by atoms with Gasteiger partial charge in [0.15, 0.2) is 0 Å². The van der Waals surface area contributed by atoms with E-state index in [2.05, 4.69) is 15.6 Å². The number of aliphatic hydroxyl groups is 1. The fourth-order valence-corrected chi connectivity index (χ4v) is 1.83. The van der Waals surface area contributed by atoms with Crippen LogP contribution in [-0.4, -0.2) is 41.4 Å². The van der Waals surface area contributed by atoms with E-state index in [1.807, 2.05) is 0 Å². The standard InChI is InChI=1S/C13H19N3O3/c1-9(17)7-14-12-5-4-10(8-15-12)16-13(18)11-3-2-6-19-11/h4-5,8-9,11,17H,2-3,6-7H2,1H3,(H,14,15)(H,16,18). The summed E-state index contributed by atoms with van der Waals surface area (Å²) in [5, 5.41) is 14.9. The Morgan fingerprint density at radius 3 is 3.05 bits per heavy atom. The van der Waals surface area contributed by atoms with Crippen molar-refractivity contribution in [2.24, 2.45) is 0 Å². The second-order valence-electron chi connectivity index (χ2n) is 4.65. The van der Waals surface area contributed by atoms with Crippen molar-refractivity contribution in [3.05, 3.63) is 18.3 Å². The number of rotatable bonds is 5. The Balaban J connectivity index is 1.85. The Morgan fingerprint density at radius 2 is 2.47 bits per heavy atom. The van der Waals surface area contributed by atoms with Crippen molar-refractivity contribution in [3.8, 4) is 0 Å². The van der Waals surface area contributed by atoms with E-state index in [4.69, 9.17) is 9.84 Å². The van der Waals surface area contributed by atoms with E-state index in [0.29, 0.717) is 24.7 Å².